The van der Waals surface area contributed by atoms with Gasteiger partial charge in [-0.3, -0.25) is 4.79 Å². The van der Waals surface area contributed by atoms with Gasteiger partial charge in [0.2, 0.25) is 0 Å². The molecule has 136 valence electrons. The molecule has 3 heterocycles. The molecule has 2 N–H and O–H groups in total. The molecule has 0 saturated carbocycles. The van der Waals surface area contributed by atoms with Crippen LogP contribution < -0.4 is 20.3 Å². The molecule has 0 atom stereocenters. The molecule has 6 nitrogen and oxygen atoms in total. The van der Waals surface area contributed by atoms with Crippen molar-refractivity contribution in [2.75, 3.05) is 35.2 Å². The zero-order valence-electron chi connectivity index (χ0n) is 14.6. The van der Waals surface area contributed by atoms with Gasteiger partial charge in [0.25, 0.3) is 5.91 Å². The van der Waals surface area contributed by atoms with E-state index in [0.717, 1.165) is 35.7 Å². The maximum Gasteiger partial charge on any atom is 0.263 e. The molecule has 4 rings (SSSR count). The largest absolute Gasteiger partial charge is 0.480 e. The first-order valence-electron chi connectivity index (χ1n) is 8.78. The third-order valence-corrected chi connectivity index (χ3v) is 4.75. The Morgan fingerprint density at radius 3 is 2.88 bits per heavy atom. The first kappa shape index (κ1) is 16.6. The number of hydrogen-bond acceptors (Lipinski definition) is 5. The highest BCUT2D eigenvalue weighted by Gasteiger charge is 2.20. The zero-order chi connectivity index (χ0) is 18.1. The van der Waals surface area contributed by atoms with Crippen LogP contribution in [0, 0.1) is 6.92 Å². The van der Waals surface area contributed by atoms with E-state index in [9.17, 15) is 9.18 Å². The van der Waals surface area contributed by atoms with E-state index in [1.54, 1.807) is 6.20 Å². The number of benzene rings is 1. The maximum absolute atomic E-state index is 13.3. The molecule has 1 aromatic carbocycles. The van der Waals surface area contributed by atoms with Gasteiger partial charge in [-0.2, -0.15) is 0 Å². The second kappa shape index (κ2) is 6.82. The van der Waals surface area contributed by atoms with Crippen molar-refractivity contribution >= 4 is 28.8 Å². The Hall–Kier alpha value is -2.83. The first-order chi connectivity index (χ1) is 12.6. The fourth-order valence-electron chi connectivity index (χ4n) is 3.27. The summed E-state index contributed by atoms with van der Waals surface area (Å²) in [7, 11) is 0. The van der Waals surface area contributed by atoms with Gasteiger partial charge in [0.05, 0.1) is 11.9 Å². The summed E-state index contributed by atoms with van der Waals surface area (Å²) < 4.78 is 18.7. The standard InChI is InChI=1S/C19H21FN4O2/c1-12-8-15(24-6-4-13(20)5-7-24)2-3-16(12)22-14-9-17-19(21-10-14)23-18(25)11-26-17/h2-3,8-10,13,22H,4-7,11H2,1H3,(H,21,23,25). The Labute approximate surface area is 151 Å². The minimum absolute atomic E-state index is 0.00142. The maximum atomic E-state index is 13.3. The Morgan fingerprint density at radius 2 is 2.12 bits per heavy atom. The van der Waals surface area contributed by atoms with E-state index in [4.69, 9.17) is 4.74 Å². The van der Waals surface area contributed by atoms with Crippen molar-refractivity contribution in [2.24, 2.45) is 0 Å². The zero-order valence-corrected chi connectivity index (χ0v) is 14.6. The van der Waals surface area contributed by atoms with Crippen molar-refractivity contribution in [3.8, 4) is 5.75 Å². The van der Waals surface area contributed by atoms with Gasteiger partial charge in [-0.1, -0.05) is 0 Å². The summed E-state index contributed by atoms with van der Waals surface area (Å²) in [6.07, 6.45) is 2.18. The molecule has 1 fully saturated rings. The average Bonchev–Trinajstić information content (AvgIpc) is 2.64. The second-order valence-corrected chi connectivity index (χ2v) is 6.69. The quantitative estimate of drug-likeness (QED) is 0.882. The number of aryl methyl sites for hydroxylation is 1. The van der Waals surface area contributed by atoms with Crippen LogP contribution >= 0.6 is 0 Å². The number of carbonyl (C=O) groups excluding carboxylic acids is 1. The van der Waals surface area contributed by atoms with Crippen LogP contribution in [0.2, 0.25) is 0 Å². The number of amides is 1. The topological polar surface area (TPSA) is 66.5 Å². The van der Waals surface area contributed by atoms with Crippen molar-refractivity contribution in [1.29, 1.82) is 0 Å². The number of anilines is 4. The summed E-state index contributed by atoms with van der Waals surface area (Å²) in [5.74, 6) is 0.794. The normalized spacial score (nSPS) is 17.3. The molecule has 1 amide bonds. The highest BCUT2D eigenvalue weighted by molar-refractivity contribution is 5.94. The van der Waals surface area contributed by atoms with Crippen LogP contribution in [0.25, 0.3) is 0 Å². The molecule has 1 saturated heterocycles. The van der Waals surface area contributed by atoms with E-state index in [1.165, 1.54) is 0 Å². The molecular weight excluding hydrogens is 335 g/mol. The van der Waals surface area contributed by atoms with Crippen LogP contribution in [-0.4, -0.2) is 36.8 Å². The molecule has 26 heavy (non-hydrogen) atoms. The summed E-state index contributed by atoms with van der Waals surface area (Å²) in [5.41, 5.74) is 3.97. The Morgan fingerprint density at radius 1 is 1.31 bits per heavy atom. The lowest BCUT2D eigenvalue weighted by Crippen LogP contribution is -2.34. The number of fused-ring (bicyclic) bond motifs is 1. The number of carbonyl (C=O) groups is 1. The first-order valence-corrected chi connectivity index (χ1v) is 8.78. The molecule has 1 aromatic heterocycles. The molecule has 0 unspecified atom stereocenters. The van der Waals surface area contributed by atoms with Crippen LogP contribution in [0.15, 0.2) is 30.5 Å². The van der Waals surface area contributed by atoms with E-state index in [1.807, 2.05) is 19.1 Å². The molecule has 0 spiro atoms. The monoisotopic (exact) mass is 356 g/mol. The summed E-state index contributed by atoms with van der Waals surface area (Å²) in [4.78, 5) is 17.8. The number of aromatic nitrogens is 1. The molecule has 2 aromatic rings. The van der Waals surface area contributed by atoms with E-state index < -0.39 is 6.17 Å². The van der Waals surface area contributed by atoms with Crippen molar-refractivity contribution in [1.82, 2.24) is 4.98 Å². The van der Waals surface area contributed by atoms with Gasteiger partial charge < -0.3 is 20.3 Å². The lowest BCUT2D eigenvalue weighted by atomic mass is 10.1. The number of nitrogens with zero attached hydrogens (tertiary/aromatic N) is 2. The number of nitrogens with one attached hydrogen (secondary N) is 2. The van der Waals surface area contributed by atoms with Crippen LogP contribution in [0.3, 0.4) is 0 Å². The molecule has 0 radical (unpaired) electrons. The molecular formula is C19H21FN4O2. The molecule has 2 aliphatic rings. The number of pyridine rings is 1. The van der Waals surface area contributed by atoms with E-state index >= 15 is 0 Å². The fraction of sp³-hybridized carbons (Fsp3) is 0.368. The smallest absolute Gasteiger partial charge is 0.263 e. The van der Waals surface area contributed by atoms with Crippen molar-refractivity contribution in [2.45, 2.75) is 25.9 Å². The second-order valence-electron chi connectivity index (χ2n) is 6.69. The Bertz CT molecular complexity index is 834. The summed E-state index contributed by atoms with van der Waals surface area (Å²) in [5, 5.41) is 6.01. The van der Waals surface area contributed by atoms with Gasteiger partial charge >= 0.3 is 0 Å². The van der Waals surface area contributed by atoms with Gasteiger partial charge in [-0.05, 0) is 43.5 Å². The van der Waals surface area contributed by atoms with Gasteiger partial charge in [0, 0.05) is 30.5 Å². The third-order valence-electron chi connectivity index (χ3n) is 4.75. The SMILES string of the molecule is Cc1cc(N2CCC(F)CC2)ccc1Nc1cnc2c(c1)OCC(=O)N2. The molecule has 0 aliphatic carbocycles. The number of halogens is 1. The highest BCUT2D eigenvalue weighted by atomic mass is 19.1. The number of alkyl halides is 1. The number of ether oxygens (including phenoxy) is 1. The minimum atomic E-state index is -0.670. The van der Waals surface area contributed by atoms with Gasteiger partial charge in [0.1, 0.15) is 6.17 Å². The van der Waals surface area contributed by atoms with E-state index in [-0.39, 0.29) is 12.5 Å². The number of hydrogen-bond donors (Lipinski definition) is 2. The summed E-state index contributed by atoms with van der Waals surface area (Å²) >= 11 is 0. The highest BCUT2D eigenvalue weighted by Crippen LogP contribution is 2.31. The Balaban J connectivity index is 1.49. The van der Waals surface area contributed by atoms with Crippen LogP contribution in [0.5, 0.6) is 5.75 Å². The van der Waals surface area contributed by atoms with Gasteiger partial charge in [-0.15, -0.1) is 0 Å². The van der Waals surface area contributed by atoms with Crippen LogP contribution in [0.1, 0.15) is 18.4 Å². The summed E-state index contributed by atoms with van der Waals surface area (Å²) in [6, 6.07) is 8.01. The lowest BCUT2D eigenvalue weighted by Gasteiger charge is -2.31. The van der Waals surface area contributed by atoms with E-state index in [2.05, 4.69) is 32.7 Å². The van der Waals surface area contributed by atoms with Crippen molar-refractivity contribution in [3.05, 3.63) is 36.0 Å². The Kier molecular flexibility index (Phi) is 4.36. The predicted molar refractivity (Wildman–Crippen MR) is 99.2 cm³/mol. The number of piperidine rings is 1. The van der Waals surface area contributed by atoms with Crippen LogP contribution in [0.4, 0.5) is 27.3 Å². The molecule has 2 aliphatic heterocycles. The summed E-state index contributed by atoms with van der Waals surface area (Å²) in [6.45, 7) is 3.55. The fourth-order valence-corrected chi connectivity index (χ4v) is 3.27. The lowest BCUT2D eigenvalue weighted by molar-refractivity contribution is -0.118. The average molecular weight is 356 g/mol. The number of rotatable bonds is 3. The van der Waals surface area contributed by atoms with Crippen molar-refractivity contribution in [3.63, 3.8) is 0 Å². The van der Waals surface area contributed by atoms with Gasteiger partial charge in [0.15, 0.2) is 18.2 Å². The molecule has 7 heteroatoms. The minimum Gasteiger partial charge on any atom is -0.480 e. The van der Waals surface area contributed by atoms with Crippen LogP contribution in [-0.2, 0) is 4.79 Å². The predicted octanol–water partition coefficient (Wildman–Crippen LogP) is 3.40. The van der Waals surface area contributed by atoms with E-state index in [0.29, 0.717) is 24.4 Å². The third kappa shape index (κ3) is 3.42. The van der Waals surface area contributed by atoms with Gasteiger partial charge in [-0.25, -0.2) is 9.37 Å². The van der Waals surface area contributed by atoms with Crippen molar-refractivity contribution < 1.29 is 13.9 Å². The molecule has 0 bridgehead atoms.